The zero-order valence-corrected chi connectivity index (χ0v) is 11.1. The highest BCUT2D eigenvalue weighted by molar-refractivity contribution is 9.11. The van der Waals surface area contributed by atoms with Gasteiger partial charge in [-0.15, -0.1) is 22.7 Å². The van der Waals surface area contributed by atoms with Crippen molar-refractivity contribution >= 4 is 38.6 Å². The second-order valence-corrected chi connectivity index (χ2v) is 6.60. The van der Waals surface area contributed by atoms with Crippen LogP contribution in [0, 0.1) is 0 Å². The van der Waals surface area contributed by atoms with Gasteiger partial charge in [-0.1, -0.05) is 0 Å². The number of rotatable bonds is 4. The molecule has 2 nitrogen and oxygen atoms in total. The third kappa shape index (κ3) is 3.11. The smallest absolute Gasteiger partial charge is 0.0925 e. The van der Waals surface area contributed by atoms with Gasteiger partial charge in [0, 0.05) is 22.9 Å². The van der Waals surface area contributed by atoms with Crippen LogP contribution in [0.2, 0.25) is 0 Å². The van der Waals surface area contributed by atoms with E-state index in [0.717, 1.165) is 26.5 Å². The van der Waals surface area contributed by atoms with E-state index in [2.05, 4.69) is 20.9 Å². The third-order valence-corrected chi connectivity index (χ3v) is 4.60. The topological polar surface area (TPSA) is 33.1 Å². The summed E-state index contributed by atoms with van der Waals surface area (Å²) in [5.74, 6) is 0. The van der Waals surface area contributed by atoms with Crippen molar-refractivity contribution in [2.45, 2.75) is 18.9 Å². The summed E-state index contributed by atoms with van der Waals surface area (Å²) >= 11 is 6.61. The second-order valence-electron chi connectivity index (χ2n) is 3.12. The first-order chi connectivity index (χ1) is 7.25. The largest absolute Gasteiger partial charge is 0.388 e. The van der Waals surface area contributed by atoms with E-state index in [1.54, 1.807) is 28.9 Å². The quantitative estimate of drug-likeness (QED) is 0.935. The van der Waals surface area contributed by atoms with Crippen molar-refractivity contribution in [3.05, 3.63) is 37.4 Å². The first-order valence-electron chi connectivity index (χ1n) is 4.57. The van der Waals surface area contributed by atoms with Crippen molar-refractivity contribution in [3.8, 4) is 0 Å². The van der Waals surface area contributed by atoms with E-state index in [0.29, 0.717) is 0 Å². The lowest BCUT2D eigenvalue weighted by Crippen LogP contribution is -1.96. The molecule has 0 radical (unpaired) electrons. The summed E-state index contributed by atoms with van der Waals surface area (Å²) in [5, 5.41) is 12.9. The highest BCUT2D eigenvalue weighted by atomic mass is 79.9. The van der Waals surface area contributed by atoms with Gasteiger partial charge >= 0.3 is 0 Å². The van der Waals surface area contributed by atoms with Crippen molar-refractivity contribution in [2.24, 2.45) is 0 Å². The molecule has 0 saturated carbocycles. The molecule has 0 amide bonds. The highest BCUT2D eigenvalue weighted by Crippen LogP contribution is 2.29. The van der Waals surface area contributed by atoms with E-state index < -0.39 is 0 Å². The second kappa shape index (κ2) is 5.21. The van der Waals surface area contributed by atoms with E-state index in [-0.39, 0.29) is 6.10 Å². The molecule has 80 valence electrons. The number of hydrogen-bond donors (Lipinski definition) is 1. The Labute approximate surface area is 105 Å². The van der Waals surface area contributed by atoms with Gasteiger partial charge in [-0.05, 0) is 34.5 Å². The molecule has 0 aliphatic carbocycles. The normalized spacial score (nSPS) is 12.9. The van der Waals surface area contributed by atoms with Gasteiger partial charge in [-0.25, -0.2) is 4.98 Å². The molecule has 15 heavy (non-hydrogen) atoms. The summed E-state index contributed by atoms with van der Waals surface area (Å²) in [6, 6.07) is 3.92. The predicted octanol–water partition coefficient (Wildman–Crippen LogP) is 3.63. The zero-order chi connectivity index (χ0) is 10.7. The van der Waals surface area contributed by atoms with Gasteiger partial charge in [0.25, 0.3) is 0 Å². The fourth-order valence-electron chi connectivity index (χ4n) is 1.29. The number of halogens is 1. The van der Waals surface area contributed by atoms with E-state index in [4.69, 9.17) is 0 Å². The van der Waals surface area contributed by atoms with Gasteiger partial charge in [-0.2, -0.15) is 0 Å². The number of aryl methyl sites for hydroxylation is 1. The lowest BCUT2D eigenvalue weighted by atomic mass is 10.2. The Hall–Kier alpha value is -0.230. The minimum atomic E-state index is -0.370. The van der Waals surface area contributed by atoms with Crippen LogP contribution in [0.3, 0.4) is 0 Å². The van der Waals surface area contributed by atoms with Gasteiger partial charge in [-0.3, -0.25) is 0 Å². The third-order valence-electron chi connectivity index (χ3n) is 2.04. The first kappa shape index (κ1) is 11.3. The SMILES string of the molecule is OC(CCc1nccs1)c1ccc(Br)s1. The number of thiophene rings is 1. The van der Waals surface area contributed by atoms with Crippen molar-refractivity contribution in [3.63, 3.8) is 0 Å². The maximum absolute atomic E-state index is 9.90. The molecule has 0 bridgehead atoms. The highest BCUT2D eigenvalue weighted by Gasteiger charge is 2.10. The van der Waals surface area contributed by atoms with E-state index in [1.165, 1.54) is 0 Å². The summed E-state index contributed by atoms with van der Waals surface area (Å²) in [4.78, 5) is 5.20. The molecular weight excluding hydrogens is 294 g/mol. The molecule has 2 rings (SSSR count). The lowest BCUT2D eigenvalue weighted by Gasteiger charge is -2.06. The molecule has 1 N–H and O–H groups in total. The molecule has 0 aromatic carbocycles. The van der Waals surface area contributed by atoms with Crippen LogP contribution in [-0.2, 0) is 6.42 Å². The van der Waals surface area contributed by atoms with Gasteiger partial charge in [0.2, 0.25) is 0 Å². The Morgan fingerprint density at radius 3 is 2.93 bits per heavy atom. The molecule has 0 aliphatic heterocycles. The number of aliphatic hydroxyl groups is 1. The van der Waals surface area contributed by atoms with Gasteiger partial charge in [0.15, 0.2) is 0 Å². The van der Waals surface area contributed by atoms with Gasteiger partial charge in [0.1, 0.15) is 0 Å². The zero-order valence-electron chi connectivity index (χ0n) is 7.89. The minimum absolute atomic E-state index is 0.370. The van der Waals surface area contributed by atoms with Crippen molar-refractivity contribution in [2.75, 3.05) is 0 Å². The molecular formula is C10H10BrNOS2. The summed E-state index contributed by atoms with van der Waals surface area (Å²) in [6.07, 6.45) is 3.01. The van der Waals surface area contributed by atoms with Crippen molar-refractivity contribution in [1.82, 2.24) is 4.98 Å². The molecule has 2 aromatic rings. The van der Waals surface area contributed by atoms with Gasteiger partial charge < -0.3 is 5.11 Å². The van der Waals surface area contributed by atoms with Crippen molar-refractivity contribution in [1.29, 1.82) is 0 Å². The molecule has 0 spiro atoms. The van der Waals surface area contributed by atoms with Crippen LogP contribution in [-0.4, -0.2) is 10.1 Å². The number of nitrogens with zero attached hydrogens (tertiary/aromatic N) is 1. The van der Waals surface area contributed by atoms with Crippen LogP contribution in [0.4, 0.5) is 0 Å². The van der Waals surface area contributed by atoms with Crippen molar-refractivity contribution < 1.29 is 5.11 Å². The van der Waals surface area contributed by atoms with Crippen LogP contribution in [0.1, 0.15) is 22.4 Å². The standard InChI is InChI=1S/C10H10BrNOS2/c11-9-3-2-8(15-9)7(13)1-4-10-12-5-6-14-10/h2-3,5-7,13H,1,4H2. The summed E-state index contributed by atoms with van der Waals surface area (Å²) in [7, 11) is 0. The molecule has 1 unspecified atom stereocenters. The Morgan fingerprint density at radius 2 is 2.33 bits per heavy atom. The van der Waals surface area contributed by atoms with E-state index >= 15 is 0 Å². The fraction of sp³-hybridized carbons (Fsp3) is 0.300. The summed E-state index contributed by atoms with van der Waals surface area (Å²) < 4.78 is 1.06. The molecule has 0 saturated heterocycles. The monoisotopic (exact) mass is 303 g/mol. The number of aliphatic hydroxyl groups excluding tert-OH is 1. The number of hydrogen-bond acceptors (Lipinski definition) is 4. The van der Waals surface area contributed by atoms with Gasteiger partial charge in [0.05, 0.1) is 14.9 Å². The molecule has 1 atom stereocenters. The number of aromatic nitrogens is 1. The molecule has 2 heterocycles. The van der Waals surface area contributed by atoms with Crippen LogP contribution in [0.15, 0.2) is 27.5 Å². The van der Waals surface area contributed by atoms with Crippen LogP contribution < -0.4 is 0 Å². The fourth-order valence-corrected chi connectivity index (χ4v) is 3.37. The van der Waals surface area contributed by atoms with E-state index in [9.17, 15) is 5.11 Å². The molecule has 0 fully saturated rings. The maximum atomic E-state index is 9.90. The summed E-state index contributed by atoms with van der Waals surface area (Å²) in [6.45, 7) is 0. The Balaban J connectivity index is 1.90. The maximum Gasteiger partial charge on any atom is 0.0925 e. The molecule has 2 aromatic heterocycles. The van der Waals surface area contributed by atoms with Crippen LogP contribution in [0.5, 0.6) is 0 Å². The Morgan fingerprint density at radius 1 is 1.47 bits per heavy atom. The Bertz CT molecular complexity index is 413. The van der Waals surface area contributed by atoms with Crippen LogP contribution in [0.25, 0.3) is 0 Å². The minimum Gasteiger partial charge on any atom is -0.388 e. The number of thiazole rings is 1. The molecule has 5 heteroatoms. The lowest BCUT2D eigenvalue weighted by molar-refractivity contribution is 0.171. The summed E-state index contributed by atoms with van der Waals surface area (Å²) in [5.41, 5.74) is 0. The predicted molar refractivity (Wildman–Crippen MR) is 67.4 cm³/mol. The van der Waals surface area contributed by atoms with Crippen LogP contribution >= 0.6 is 38.6 Å². The molecule has 0 aliphatic rings. The average Bonchev–Trinajstić information content (AvgIpc) is 2.84. The Kier molecular flexibility index (Phi) is 3.91. The average molecular weight is 304 g/mol. The first-order valence-corrected chi connectivity index (χ1v) is 7.06. The van der Waals surface area contributed by atoms with E-state index in [1.807, 2.05) is 17.5 Å².